The number of anilines is 1. The van der Waals surface area contributed by atoms with E-state index in [2.05, 4.69) is 53.1 Å². The quantitative estimate of drug-likeness (QED) is 0.804. The Morgan fingerprint density at radius 3 is 2.86 bits per heavy atom. The van der Waals surface area contributed by atoms with Crippen LogP contribution in [0.1, 0.15) is 32.8 Å². The molecule has 8 heteroatoms. The number of guanidine groups is 1. The number of amides is 1. The molecule has 2 aromatic rings. The highest BCUT2D eigenvalue weighted by molar-refractivity contribution is 6.08. The van der Waals surface area contributed by atoms with Crippen molar-refractivity contribution in [3.63, 3.8) is 0 Å². The number of pyridine rings is 1. The highest BCUT2D eigenvalue weighted by Crippen LogP contribution is 2.25. The summed E-state index contributed by atoms with van der Waals surface area (Å²) < 4.78 is 1.84. The average molecular weight is 398 g/mol. The number of fused-ring (bicyclic) bond motifs is 1. The molecule has 2 saturated heterocycles. The predicted molar refractivity (Wildman–Crippen MR) is 114 cm³/mol. The number of carbonyl (C=O) groups excluding carboxylic acids is 1. The topological polar surface area (TPSA) is 80.0 Å². The van der Waals surface area contributed by atoms with E-state index in [1.54, 1.807) is 6.20 Å². The number of carbonyl (C=O) groups is 1. The van der Waals surface area contributed by atoms with E-state index in [0.717, 1.165) is 37.4 Å². The van der Waals surface area contributed by atoms with Gasteiger partial charge in [0.2, 0.25) is 11.9 Å². The van der Waals surface area contributed by atoms with Gasteiger partial charge in [-0.15, -0.1) is 0 Å². The largest absolute Gasteiger partial charge is 0.309 e. The molecule has 156 valence electrons. The minimum absolute atomic E-state index is 0.103. The number of nitrogens with zero attached hydrogens (tertiary/aromatic N) is 5. The lowest BCUT2D eigenvalue weighted by molar-refractivity contribution is -0.119. The van der Waals surface area contributed by atoms with Gasteiger partial charge in [0, 0.05) is 57.9 Å². The Balaban J connectivity index is 1.49. The monoisotopic (exact) mass is 397 g/mol. The third-order valence-electron chi connectivity index (χ3n) is 5.80. The van der Waals surface area contributed by atoms with Gasteiger partial charge in [-0.3, -0.25) is 20.4 Å². The van der Waals surface area contributed by atoms with Crippen molar-refractivity contribution in [1.82, 2.24) is 24.7 Å². The van der Waals surface area contributed by atoms with Gasteiger partial charge in [0.05, 0.1) is 17.4 Å². The van der Waals surface area contributed by atoms with Crippen LogP contribution in [-0.4, -0.2) is 70.0 Å². The molecular formula is C21H31N7O. The van der Waals surface area contributed by atoms with E-state index in [4.69, 9.17) is 5.41 Å². The summed E-state index contributed by atoms with van der Waals surface area (Å²) in [5, 5.41) is 15.2. The molecule has 4 rings (SSSR count). The molecule has 2 aliphatic heterocycles. The van der Waals surface area contributed by atoms with Gasteiger partial charge in [-0.05, 0) is 30.5 Å². The average Bonchev–Trinajstić information content (AvgIpc) is 3.07. The van der Waals surface area contributed by atoms with Gasteiger partial charge in [-0.25, -0.2) is 4.52 Å². The molecule has 1 amide bonds. The van der Waals surface area contributed by atoms with E-state index in [9.17, 15) is 4.79 Å². The van der Waals surface area contributed by atoms with Crippen LogP contribution in [0.4, 0.5) is 5.69 Å². The Morgan fingerprint density at radius 1 is 1.31 bits per heavy atom. The molecule has 0 saturated carbocycles. The van der Waals surface area contributed by atoms with Crippen molar-refractivity contribution in [2.24, 2.45) is 5.92 Å². The first-order valence-electron chi connectivity index (χ1n) is 10.5. The Kier molecular flexibility index (Phi) is 5.56. The summed E-state index contributed by atoms with van der Waals surface area (Å²) in [6, 6.07) is 4.81. The van der Waals surface area contributed by atoms with Gasteiger partial charge in [0.1, 0.15) is 0 Å². The fourth-order valence-electron chi connectivity index (χ4n) is 4.37. The van der Waals surface area contributed by atoms with Crippen molar-refractivity contribution in [1.29, 1.82) is 5.41 Å². The second kappa shape index (κ2) is 8.12. The number of piperazine rings is 1. The predicted octanol–water partition coefficient (Wildman–Crippen LogP) is 1.76. The molecule has 2 aromatic heterocycles. The summed E-state index contributed by atoms with van der Waals surface area (Å²) in [5.41, 5.74) is 3.08. The summed E-state index contributed by atoms with van der Waals surface area (Å²) in [6.45, 7) is 12.8. The summed E-state index contributed by atoms with van der Waals surface area (Å²) in [5.74, 6) is 0.722. The van der Waals surface area contributed by atoms with Crippen molar-refractivity contribution in [2.75, 3.05) is 37.6 Å². The smallest absolute Gasteiger partial charge is 0.228 e. The van der Waals surface area contributed by atoms with Crippen LogP contribution in [0.25, 0.3) is 5.52 Å². The van der Waals surface area contributed by atoms with Crippen LogP contribution in [0.5, 0.6) is 0 Å². The van der Waals surface area contributed by atoms with Crippen LogP contribution >= 0.6 is 0 Å². The maximum atomic E-state index is 11.5. The highest BCUT2D eigenvalue weighted by Gasteiger charge is 2.26. The van der Waals surface area contributed by atoms with Crippen LogP contribution in [-0.2, 0) is 11.3 Å². The summed E-state index contributed by atoms with van der Waals surface area (Å²) >= 11 is 0. The first kappa shape index (κ1) is 19.8. The van der Waals surface area contributed by atoms with Crippen molar-refractivity contribution in [3.8, 4) is 0 Å². The first-order valence-corrected chi connectivity index (χ1v) is 10.5. The minimum atomic E-state index is -0.103. The molecular weight excluding hydrogens is 366 g/mol. The zero-order valence-corrected chi connectivity index (χ0v) is 17.6. The molecule has 2 fully saturated rings. The Labute approximate surface area is 172 Å². The fraction of sp³-hybridized carbons (Fsp3) is 0.571. The lowest BCUT2D eigenvalue weighted by Crippen LogP contribution is -2.52. The third kappa shape index (κ3) is 4.28. The minimum Gasteiger partial charge on any atom is -0.309 e. The molecule has 2 aliphatic rings. The second-order valence-corrected chi connectivity index (χ2v) is 8.67. The van der Waals surface area contributed by atoms with E-state index in [1.807, 2.05) is 15.6 Å². The Bertz CT molecular complexity index is 906. The van der Waals surface area contributed by atoms with Crippen LogP contribution in [0, 0.1) is 11.3 Å². The van der Waals surface area contributed by atoms with Gasteiger partial charge < -0.3 is 9.80 Å². The molecule has 4 heterocycles. The molecule has 0 bridgehead atoms. The number of hydrogen-bond donors (Lipinski definition) is 2. The highest BCUT2D eigenvalue weighted by atomic mass is 16.2. The van der Waals surface area contributed by atoms with Crippen molar-refractivity contribution in [2.45, 2.75) is 39.8 Å². The van der Waals surface area contributed by atoms with Crippen molar-refractivity contribution < 1.29 is 4.79 Å². The molecule has 2 N–H and O–H groups in total. The van der Waals surface area contributed by atoms with E-state index in [0.29, 0.717) is 24.9 Å². The number of hydrogen-bond acceptors (Lipinski definition) is 5. The lowest BCUT2D eigenvalue weighted by atomic mass is 10.1. The third-order valence-corrected chi connectivity index (χ3v) is 5.80. The molecule has 0 spiro atoms. The van der Waals surface area contributed by atoms with Crippen LogP contribution < -0.4 is 10.2 Å². The van der Waals surface area contributed by atoms with Gasteiger partial charge in [-0.1, -0.05) is 13.8 Å². The van der Waals surface area contributed by atoms with Gasteiger partial charge in [-0.2, -0.15) is 5.10 Å². The van der Waals surface area contributed by atoms with E-state index in [1.165, 1.54) is 12.1 Å². The zero-order valence-electron chi connectivity index (χ0n) is 17.6. The maximum Gasteiger partial charge on any atom is 0.228 e. The lowest BCUT2D eigenvalue weighted by Gasteiger charge is -2.40. The van der Waals surface area contributed by atoms with Crippen LogP contribution in [0.15, 0.2) is 24.5 Å². The molecule has 8 nitrogen and oxygen atoms in total. The van der Waals surface area contributed by atoms with Gasteiger partial charge in [0.15, 0.2) is 0 Å². The standard InChI is InChI=1S/C21H31N7O/c1-15(2)12-25-8-9-26(16(3)13-25)14-17-4-7-28-18(10-17)19(11-23-28)27-6-5-20(29)24-21(27)22/h4,7,10-11,15-16H,5-6,8-9,12-14H2,1-3H3,(H2,22,24,29)/t16-/m0/s1. The second-order valence-electron chi connectivity index (χ2n) is 8.67. The summed E-state index contributed by atoms with van der Waals surface area (Å²) in [6.07, 6.45) is 4.15. The number of nitrogens with one attached hydrogen (secondary N) is 2. The summed E-state index contributed by atoms with van der Waals surface area (Å²) in [7, 11) is 0. The Morgan fingerprint density at radius 2 is 2.14 bits per heavy atom. The molecule has 0 unspecified atom stereocenters. The normalized spacial score (nSPS) is 21.9. The molecule has 1 atom stereocenters. The SMILES string of the molecule is CC(C)CN1CCN(Cc2ccn3ncc(N4CCC(=O)NC4=N)c3c2)[C@@H](C)C1. The Hall–Kier alpha value is -2.45. The molecule has 0 radical (unpaired) electrons. The molecule has 0 aromatic carbocycles. The van der Waals surface area contributed by atoms with E-state index in [-0.39, 0.29) is 11.9 Å². The first-order chi connectivity index (χ1) is 13.9. The number of rotatable bonds is 5. The van der Waals surface area contributed by atoms with Crippen LogP contribution in [0.2, 0.25) is 0 Å². The fourth-order valence-corrected chi connectivity index (χ4v) is 4.37. The van der Waals surface area contributed by atoms with Gasteiger partial charge in [0.25, 0.3) is 0 Å². The molecule has 0 aliphatic carbocycles. The van der Waals surface area contributed by atoms with E-state index < -0.39 is 0 Å². The van der Waals surface area contributed by atoms with Crippen molar-refractivity contribution >= 4 is 23.1 Å². The maximum absolute atomic E-state index is 11.5. The molecule has 29 heavy (non-hydrogen) atoms. The number of aromatic nitrogens is 2. The van der Waals surface area contributed by atoms with Crippen molar-refractivity contribution in [3.05, 3.63) is 30.1 Å². The van der Waals surface area contributed by atoms with E-state index >= 15 is 0 Å². The summed E-state index contributed by atoms with van der Waals surface area (Å²) in [4.78, 5) is 18.5. The zero-order chi connectivity index (χ0) is 20.5. The van der Waals surface area contributed by atoms with Gasteiger partial charge >= 0.3 is 0 Å². The van der Waals surface area contributed by atoms with Crippen LogP contribution in [0.3, 0.4) is 0 Å².